The first-order chi connectivity index (χ1) is 7.49. The van der Waals surface area contributed by atoms with Crippen molar-refractivity contribution in [3.8, 4) is 0 Å². The molecule has 1 heterocycles. The Morgan fingerprint density at radius 3 is 2.50 bits per heavy atom. The predicted molar refractivity (Wildman–Crippen MR) is 65.3 cm³/mol. The average molecular weight is 242 g/mol. The third kappa shape index (κ3) is 3.20. The van der Waals surface area contributed by atoms with E-state index in [1.165, 1.54) is 6.26 Å². The third-order valence-electron chi connectivity index (χ3n) is 2.50. The Hall–Kier alpha value is -1.10. The highest BCUT2D eigenvalue weighted by Crippen LogP contribution is 2.19. The summed E-state index contributed by atoms with van der Waals surface area (Å²) < 4.78 is 23.1. The van der Waals surface area contributed by atoms with Crippen molar-refractivity contribution < 1.29 is 8.42 Å². The summed E-state index contributed by atoms with van der Waals surface area (Å²) in [4.78, 5) is 4.36. The molecule has 0 unspecified atom stereocenters. The fourth-order valence-corrected chi connectivity index (χ4v) is 2.27. The second-order valence-corrected chi connectivity index (χ2v) is 5.76. The van der Waals surface area contributed by atoms with Gasteiger partial charge in [0.05, 0.1) is 0 Å². The lowest BCUT2D eigenvalue weighted by Crippen LogP contribution is -2.19. The lowest BCUT2D eigenvalue weighted by molar-refractivity contribution is 0.601. The summed E-state index contributed by atoms with van der Waals surface area (Å²) in [6, 6.07) is 3.47. The van der Waals surface area contributed by atoms with Crippen LogP contribution in [0.15, 0.2) is 23.2 Å². The van der Waals surface area contributed by atoms with E-state index in [1.807, 2.05) is 0 Å². The Bertz CT molecular complexity index is 439. The van der Waals surface area contributed by atoms with Crippen LogP contribution >= 0.6 is 0 Å². The Labute approximate surface area is 97.0 Å². The van der Waals surface area contributed by atoms with Crippen molar-refractivity contribution in [2.75, 3.05) is 11.6 Å². The maximum atomic E-state index is 11.5. The number of pyridine rings is 1. The van der Waals surface area contributed by atoms with Crippen molar-refractivity contribution in [2.24, 2.45) is 0 Å². The van der Waals surface area contributed by atoms with Gasteiger partial charge in [0.1, 0.15) is 10.7 Å². The third-order valence-corrected chi connectivity index (χ3v) is 3.62. The highest BCUT2D eigenvalue weighted by atomic mass is 32.2. The number of nitrogens with zero attached hydrogens (tertiary/aromatic N) is 1. The molecule has 0 radical (unpaired) electrons. The van der Waals surface area contributed by atoms with Crippen LogP contribution in [-0.2, 0) is 9.84 Å². The molecule has 0 fully saturated rings. The lowest BCUT2D eigenvalue weighted by atomic mass is 10.2. The quantitative estimate of drug-likeness (QED) is 0.859. The fraction of sp³-hybridized carbons (Fsp3) is 0.545. The molecule has 0 aliphatic rings. The van der Waals surface area contributed by atoms with Gasteiger partial charge in [0.15, 0.2) is 9.84 Å². The van der Waals surface area contributed by atoms with Crippen LogP contribution in [0.3, 0.4) is 0 Å². The van der Waals surface area contributed by atoms with Gasteiger partial charge >= 0.3 is 0 Å². The minimum atomic E-state index is -3.22. The van der Waals surface area contributed by atoms with E-state index in [1.54, 1.807) is 18.3 Å². The summed E-state index contributed by atoms with van der Waals surface area (Å²) in [5, 5.41) is 3.16. The normalized spacial score (nSPS) is 11.8. The standard InChI is InChI=1S/C11H18N2O2S/c1-4-9(5-2)13-11-10(16(3,14)15)7-6-8-12-11/h6-9H,4-5H2,1-3H3,(H,12,13). The van der Waals surface area contributed by atoms with Gasteiger partial charge in [0.2, 0.25) is 0 Å². The van der Waals surface area contributed by atoms with Gasteiger partial charge < -0.3 is 5.32 Å². The zero-order valence-corrected chi connectivity index (χ0v) is 10.7. The summed E-state index contributed by atoms with van der Waals surface area (Å²) in [6.45, 7) is 4.12. The van der Waals surface area contributed by atoms with Gasteiger partial charge in [-0.3, -0.25) is 0 Å². The highest BCUT2D eigenvalue weighted by molar-refractivity contribution is 7.90. The largest absolute Gasteiger partial charge is 0.366 e. The van der Waals surface area contributed by atoms with E-state index >= 15 is 0 Å². The number of sulfone groups is 1. The van der Waals surface area contributed by atoms with E-state index in [0.29, 0.717) is 5.82 Å². The molecule has 0 aromatic carbocycles. The molecule has 0 atom stereocenters. The molecule has 4 nitrogen and oxygen atoms in total. The maximum absolute atomic E-state index is 11.5. The second-order valence-electron chi connectivity index (χ2n) is 3.78. The summed E-state index contributed by atoms with van der Waals surface area (Å²) in [7, 11) is -3.22. The summed E-state index contributed by atoms with van der Waals surface area (Å²) in [5.74, 6) is 0.457. The zero-order chi connectivity index (χ0) is 12.2. The molecule has 1 rings (SSSR count). The van der Waals surface area contributed by atoms with Gasteiger partial charge in [-0.2, -0.15) is 0 Å². The number of aromatic nitrogens is 1. The molecule has 90 valence electrons. The van der Waals surface area contributed by atoms with Gasteiger partial charge in [-0.1, -0.05) is 13.8 Å². The van der Waals surface area contributed by atoms with Crippen LogP contribution in [-0.4, -0.2) is 25.7 Å². The lowest BCUT2D eigenvalue weighted by Gasteiger charge is -2.17. The topological polar surface area (TPSA) is 59.1 Å². The molecule has 1 aromatic rings. The first kappa shape index (κ1) is 13.0. The van der Waals surface area contributed by atoms with Gasteiger partial charge in [-0.05, 0) is 25.0 Å². The van der Waals surface area contributed by atoms with E-state index < -0.39 is 9.84 Å². The van der Waals surface area contributed by atoms with Crippen molar-refractivity contribution in [1.82, 2.24) is 4.98 Å². The Morgan fingerprint density at radius 2 is 2.00 bits per heavy atom. The second kappa shape index (κ2) is 5.30. The number of nitrogens with one attached hydrogen (secondary N) is 1. The van der Waals surface area contributed by atoms with Crippen molar-refractivity contribution in [1.29, 1.82) is 0 Å². The highest BCUT2D eigenvalue weighted by Gasteiger charge is 2.15. The van der Waals surface area contributed by atoms with Gasteiger partial charge in [-0.25, -0.2) is 13.4 Å². The number of hydrogen-bond acceptors (Lipinski definition) is 4. The molecule has 16 heavy (non-hydrogen) atoms. The Kier molecular flexibility index (Phi) is 4.29. The molecule has 0 aliphatic heterocycles. The van der Waals surface area contributed by atoms with E-state index in [0.717, 1.165) is 12.8 Å². The molecule has 0 saturated heterocycles. The minimum Gasteiger partial charge on any atom is -0.366 e. The fourth-order valence-electron chi connectivity index (χ4n) is 1.48. The SMILES string of the molecule is CCC(CC)Nc1ncccc1S(C)(=O)=O. The molecule has 1 aromatic heterocycles. The van der Waals surface area contributed by atoms with Crippen LogP contribution in [0.25, 0.3) is 0 Å². The molecule has 0 spiro atoms. The zero-order valence-electron chi connectivity index (χ0n) is 9.90. The molecular formula is C11H18N2O2S. The smallest absolute Gasteiger partial charge is 0.179 e. The predicted octanol–water partition coefficient (Wildman–Crippen LogP) is 2.09. The van der Waals surface area contributed by atoms with Crippen LogP contribution < -0.4 is 5.32 Å². The summed E-state index contributed by atoms with van der Waals surface area (Å²) in [5.41, 5.74) is 0. The number of anilines is 1. The molecular weight excluding hydrogens is 224 g/mol. The van der Waals surface area contributed by atoms with Crippen molar-refractivity contribution >= 4 is 15.7 Å². The van der Waals surface area contributed by atoms with Crippen molar-refractivity contribution in [3.05, 3.63) is 18.3 Å². The van der Waals surface area contributed by atoms with Gasteiger partial charge in [-0.15, -0.1) is 0 Å². The molecule has 0 amide bonds. The monoisotopic (exact) mass is 242 g/mol. The summed E-state index contributed by atoms with van der Waals surface area (Å²) in [6.07, 6.45) is 4.67. The maximum Gasteiger partial charge on any atom is 0.179 e. The number of hydrogen-bond donors (Lipinski definition) is 1. The van der Waals surface area contributed by atoms with Crippen molar-refractivity contribution in [2.45, 2.75) is 37.6 Å². The van der Waals surface area contributed by atoms with Crippen LogP contribution in [0.4, 0.5) is 5.82 Å². The first-order valence-corrected chi connectivity index (χ1v) is 7.29. The van der Waals surface area contributed by atoms with Gasteiger partial charge in [0, 0.05) is 18.5 Å². The van der Waals surface area contributed by atoms with Crippen LogP contribution in [0, 0.1) is 0 Å². The Morgan fingerprint density at radius 1 is 1.38 bits per heavy atom. The average Bonchev–Trinajstić information content (AvgIpc) is 2.25. The minimum absolute atomic E-state index is 0.260. The Balaban J connectivity index is 3.05. The van der Waals surface area contributed by atoms with E-state index in [-0.39, 0.29) is 10.9 Å². The molecule has 5 heteroatoms. The van der Waals surface area contributed by atoms with E-state index in [4.69, 9.17) is 0 Å². The van der Waals surface area contributed by atoms with Crippen LogP contribution in [0.5, 0.6) is 0 Å². The molecule has 1 N–H and O–H groups in total. The van der Waals surface area contributed by atoms with Gasteiger partial charge in [0.25, 0.3) is 0 Å². The summed E-state index contributed by atoms with van der Waals surface area (Å²) >= 11 is 0. The van der Waals surface area contributed by atoms with Crippen LogP contribution in [0.2, 0.25) is 0 Å². The molecule has 0 aliphatic carbocycles. The van der Waals surface area contributed by atoms with E-state index in [2.05, 4.69) is 24.1 Å². The number of rotatable bonds is 5. The molecule has 0 saturated carbocycles. The van der Waals surface area contributed by atoms with E-state index in [9.17, 15) is 8.42 Å². The first-order valence-electron chi connectivity index (χ1n) is 5.40. The van der Waals surface area contributed by atoms with Crippen molar-refractivity contribution in [3.63, 3.8) is 0 Å². The van der Waals surface area contributed by atoms with Crippen LogP contribution in [0.1, 0.15) is 26.7 Å². The molecule has 0 bridgehead atoms.